The first-order valence-electron chi connectivity index (χ1n) is 5.59. The van der Waals surface area contributed by atoms with Crippen molar-refractivity contribution in [3.8, 4) is 0 Å². The third-order valence-corrected chi connectivity index (χ3v) is 2.46. The highest BCUT2D eigenvalue weighted by atomic mass is 16.6. The third-order valence-electron chi connectivity index (χ3n) is 2.46. The van der Waals surface area contributed by atoms with Gasteiger partial charge >= 0.3 is 6.09 Å². The van der Waals surface area contributed by atoms with Crippen molar-refractivity contribution in [1.82, 2.24) is 5.32 Å². The fraction of sp³-hybridized carbons (Fsp3) is 0.538. The van der Waals surface area contributed by atoms with E-state index < -0.39 is 17.2 Å². The van der Waals surface area contributed by atoms with E-state index in [0.29, 0.717) is 0 Å². The van der Waals surface area contributed by atoms with Crippen LogP contribution in [0, 0.1) is 5.92 Å². The number of carbonyl (C=O) groups is 2. The van der Waals surface area contributed by atoms with Crippen LogP contribution < -0.4 is 5.32 Å². The molecule has 0 unspecified atom stereocenters. The van der Waals surface area contributed by atoms with Crippen molar-refractivity contribution in [1.29, 1.82) is 0 Å². The van der Waals surface area contributed by atoms with Crippen LogP contribution in [-0.4, -0.2) is 23.5 Å². The van der Waals surface area contributed by atoms with E-state index in [4.69, 9.17) is 4.74 Å². The Kier molecular flexibility index (Phi) is 3.76. The highest BCUT2D eigenvalue weighted by Crippen LogP contribution is 2.22. The second-order valence-electron chi connectivity index (χ2n) is 5.32. The Morgan fingerprint density at radius 3 is 2.18 bits per heavy atom. The first-order valence-corrected chi connectivity index (χ1v) is 5.59. The summed E-state index contributed by atoms with van der Waals surface area (Å²) in [4.78, 5) is 22.8. The van der Waals surface area contributed by atoms with Crippen LogP contribution in [0.3, 0.4) is 0 Å². The molecule has 0 radical (unpaired) electrons. The lowest BCUT2D eigenvalue weighted by atomic mass is 9.88. The summed E-state index contributed by atoms with van der Waals surface area (Å²) >= 11 is 0. The van der Waals surface area contributed by atoms with Gasteiger partial charge < -0.3 is 14.8 Å². The smallest absolute Gasteiger partial charge is 0.408 e. The first kappa shape index (κ1) is 13.5. The summed E-state index contributed by atoms with van der Waals surface area (Å²) < 4.78 is 5.14. The van der Waals surface area contributed by atoms with Crippen molar-refractivity contribution in [2.24, 2.45) is 5.92 Å². The second-order valence-corrected chi connectivity index (χ2v) is 5.32. The molecule has 0 aromatic carbocycles. The van der Waals surface area contributed by atoms with Crippen LogP contribution in [0.2, 0.25) is 0 Å². The predicted molar refractivity (Wildman–Crippen MR) is 65.6 cm³/mol. The number of rotatable bonds is 3. The largest absolute Gasteiger partial charge is 0.444 e. The summed E-state index contributed by atoms with van der Waals surface area (Å²) in [6.07, 6.45) is 7.59. The molecule has 1 N–H and O–H groups in total. The Bertz CT molecular complexity index is 353. The molecule has 1 rings (SSSR count). The number of hydrogen-bond acceptors (Lipinski definition) is 3. The van der Waals surface area contributed by atoms with Gasteiger partial charge in [0.05, 0.1) is 0 Å². The van der Waals surface area contributed by atoms with Crippen molar-refractivity contribution in [2.75, 3.05) is 0 Å². The Morgan fingerprint density at radius 2 is 1.76 bits per heavy atom. The highest BCUT2D eigenvalue weighted by molar-refractivity contribution is 5.77. The van der Waals surface area contributed by atoms with E-state index in [9.17, 15) is 9.59 Å². The average molecular weight is 237 g/mol. The third kappa shape index (κ3) is 3.73. The van der Waals surface area contributed by atoms with Crippen molar-refractivity contribution in [3.05, 3.63) is 24.3 Å². The van der Waals surface area contributed by atoms with E-state index in [2.05, 4.69) is 5.32 Å². The minimum absolute atomic E-state index is 0.132. The van der Waals surface area contributed by atoms with Crippen LogP contribution in [0.15, 0.2) is 24.3 Å². The van der Waals surface area contributed by atoms with Gasteiger partial charge in [-0.15, -0.1) is 0 Å². The van der Waals surface area contributed by atoms with Crippen LogP contribution in [0.5, 0.6) is 0 Å². The number of ether oxygens (including phenoxy) is 1. The minimum Gasteiger partial charge on any atom is -0.444 e. The van der Waals surface area contributed by atoms with Crippen molar-refractivity contribution in [2.45, 2.75) is 38.8 Å². The van der Waals surface area contributed by atoms with Crippen molar-refractivity contribution < 1.29 is 14.3 Å². The Balaban J connectivity index is 2.69. The molecular weight excluding hydrogens is 218 g/mol. The van der Waals surface area contributed by atoms with Gasteiger partial charge in [0.25, 0.3) is 0 Å². The molecule has 0 spiro atoms. The molecule has 0 heterocycles. The second kappa shape index (κ2) is 4.73. The lowest BCUT2D eigenvalue weighted by Gasteiger charge is -2.30. The lowest BCUT2D eigenvalue weighted by molar-refractivity contribution is -0.113. The fourth-order valence-electron chi connectivity index (χ4n) is 1.55. The maximum Gasteiger partial charge on any atom is 0.408 e. The van der Waals surface area contributed by atoms with Gasteiger partial charge in [-0.2, -0.15) is 0 Å². The van der Waals surface area contributed by atoms with Crippen LogP contribution >= 0.6 is 0 Å². The maximum atomic E-state index is 11.6. The van der Waals surface area contributed by atoms with Crippen molar-refractivity contribution in [3.63, 3.8) is 0 Å². The van der Waals surface area contributed by atoms with E-state index in [0.717, 1.165) is 6.29 Å². The molecule has 0 fully saturated rings. The molecule has 0 aromatic heterocycles. The van der Waals surface area contributed by atoms with Gasteiger partial charge in [-0.1, -0.05) is 24.3 Å². The van der Waals surface area contributed by atoms with Crippen molar-refractivity contribution >= 4 is 12.4 Å². The Labute approximate surface area is 102 Å². The molecule has 4 heteroatoms. The van der Waals surface area contributed by atoms with Gasteiger partial charge in [-0.3, -0.25) is 0 Å². The zero-order chi connectivity index (χ0) is 13.1. The molecule has 1 amide bonds. The number of hydrogen-bond donors (Lipinski definition) is 1. The van der Waals surface area contributed by atoms with Crippen LogP contribution in [0.25, 0.3) is 0 Å². The Morgan fingerprint density at radius 1 is 1.24 bits per heavy atom. The number of amides is 1. The van der Waals surface area contributed by atoms with E-state index in [1.807, 2.05) is 24.3 Å². The van der Waals surface area contributed by atoms with Gasteiger partial charge in [0.2, 0.25) is 0 Å². The fourth-order valence-corrected chi connectivity index (χ4v) is 1.55. The van der Waals surface area contributed by atoms with E-state index in [1.165, 1.54) is 0 Å². The summed E-state index contributed by atoms with van der Waals surface area (Å²) in [6.45, 7) is 7.01. The van der Waals surface area contributed by atoms with Crippen LogP contribution in [-0.2, 0) is 9.53 Å². The standard InChI is InChI=1S/C13H19NO3/c1-12(2,3)17-11(16)14-13(4,9-15)10-7-5-6-8-10/h5-10H,1-4H3,(H,14,16)/t13-/m1/s1. The summed E-state index contributed by atoms with van der Waals surface area (Å²) in [5, 5.41) is 2.61. The number of allylic oxidation sites excluding steroid dienone is 2. The van der Waals surface area contributed by atoms with Gasteiger partial charge in [-0.25, -0.2) is 4.79 Å². The normalized spacial score (nSPS) is 18.8. The zero-order valence-corrected chi connectivity index (χ0v) is 10.7. The molecule has 0 saturated carbocycles. The van der Waals surface area contributed by atoms with E-state index in [1.54, 1.807) is 27.7 Å². The molecule has 0 aliphatic heterocycles. The molecule has 94 valence electrons. The molecule has 17 heavy (non-hydrogen) atoms. The average Bonchev–Trinajstić information content (AvgIpc) is 2.67. The molecule has 0 aromatic rings. The zero-order valence-electron chi connectivity index (χ0n) is 10.7. The maximum absolute atomic E-state index is 11.6. The van der Waals surface area contributed by atoms with Gasteiger partial charge in [-0.05, 0) is 27.7 Å². The summed E-state index contributed by atoms with van der Waals surface area (Å²) in [7, 11) is 0. The monoisotopic (exact) mass is 237 g/mol. The minimum atomic E-state index is -0.966. The number of carbonyl (C=O) groups excluding carboxylic acids is 2. The van der Waals surface area contributed by atoms with Crippen LogP contribution in [0.1, 0.15) is 27.7 Å². The predicted octanol–water partition coefficient (Wildman–Crippen LogP) is 2.21. The molecular formula is C13H19NO3. The first-order chi connectivity index (χ1) is 7.77. The lowest BCUT2D eigenvalue weighted by Crippen LogP contribution is -2.52. The SMILES string of the molecule is CC(C)(C)OC(=O)N[C@](C)(C=O)C1C=CC=C1. The number of aldehydes is 1. The molecule has 0 bridgehead atoms. The van der Waals surface area contributed by atoms with Gasteiger partial charge in [0.15, 0.2) is 0 Å². The van der Waals surface area contributed by atoms with E-state index >= 15 is 0 Å². The molecule has 4 nitrogen and oxygen atoms in total. The van der Waals surface area contributed by atoms with Gasteiger partial charge in [0, 0.05) is 5.92 Å². The highest BCUT2D eigenvalue weighted by Gasteiger charge is 2.34. The van der Waals surface area contributed by atoms with E-state index in [-0.39, 0.29) is 5.92 Å². The summed E-state index contributed by atoms with van der Waals surface area (Å²) in [5.41, 5.74) is -1.54. The molecule has 0 saturated heterocycles. The molecule has 1 aliphatic rings. The quantitative estimate of drug-likeness (QED) is 0.766. The molecule has 1 atom stereocenters. The topological polar surface area (TPSA) is 55.4 Å². The van der Waals surface area contributed by atoms with Gasteiger partial charge in [0.1, 0.15) is 17.4 Å². The number of alkyl carbamates (subject to hydrolysis) is 1. The molecule has 1 aliphatic carbocycles. The van der Waals surface area contributed by atoms with Crippen LogP contribution in [0.4, 0.5) is 4.79 Å². The number of nitrogens with one attached hydrogen (secondary N) is 1. The summed E-state index contributed by atoms with van der Waals surface area (Å²) in [6, 6.07) is 0. The Hall–Kier alpha value is -1.58. The summed E-state index contributed by atoms with van der Waals surface area (Å²) in [5.74, 6) is -0.132.